The molecule has 0 fully saturated rings. The summed E-state index contributed by atoms with van der Waals surface area (Å²) in [6.07, 6.45) is 0. The maximum Gasteiger partial charge on any atom is 0.142 e. The van der Waals surface area contributed by atoms with Crippen LogP contribution in [0, 0.1) is 5.82 Å². The van der Waals surface area contributed by atoms with Gasteiger partial charge in [-0.15, -0.1) is 0 Å². The van der Waals surface area contributed by atoms with Crippen molar-refractivity contribution in [1.29, 1.82) is 0 Å². The van der Waals surface area contributed by atoms with Crippen molar-refractivity contribution in [2.24, 2.45) is 0 Å². The molecule has 0 spiro atoms. The number of H-pyrrole nitrogens is 1. The summed E-state index contributed by atoms with van der Waals surface area (Å²) >= 11 is 3.17. The van der Waals surface area contributed by atoms with Crippen molar-refractivity contribution in [2.75, 3.05) is 6.61 Å². The van der Waals surface area contributed by atoms with Crippen molar-refractivity contribution < 1.29 is 9.13 Å². The summed E-state index contributed by atoms with van der Waals surface area (Å²) in [6, 6.07) is 10.7. The summed E-state index contributed by atoms with van der Waals surface area (Å²) in [4.78, 5) is 7.62. The number of aromatic amines is 1. The third kappa shape index (κ3) is 2.29. The van der Waals surface area contributed by atoms with Crippen LogP contribution in [0.25, 0.3) is 22.4 Å². The van der Waals surface area contributed by atoms with Gasteiger partial charge in [-0.2, -0.15) is 0 Å². The number of nitrogens with zero attached hydrogens (tertiary/aromatic N) is 1. The minimum absolute atomic E-state index is 0.314. The molecule has 3 nitrogen and oxygen atoms in total. The number of benzene rings is 2. The van der Waals surface area contributed by atoms with Crippen LogP contribution in [0.15, 0.2) is 40.9 Å². The van der Waals surface area contributed by atoms with Crippen molar-refractivity contribution >= 4 is 27.0 Å². The fraction of sp³-hybridized carbons (Fsp3) is 0.133. The molecule has 20 heavy (non-hydrogen) atoms. The number of nitrogens with one attached hydrogen (secondary N) is 1. The fourth-order valence-electron chi connectivity index (χ4n) is 2.08. The van der Waals surface area contributed by atoms with Crippen LogP contribution in [0.5, 0.6) is 5.75 Å². The third-order valence-corrected chi connectivity index (χ3v) is 3.57. The quantitative estimate of drug-likeness (QED) is 0.764. The van der Waals surface area contributed by atoms with E-state index in [1.165, 1.54) is 6.07 Å². The van der Waals surface area contributed by atoms with E-state index >= 15 is 0 Å². The van der Waals surface area contributed by atoms with E-state index in [9.17, 15) is 4.39 Å². The molecule has 0 atom stereocenters. The SMILES string of the molecule is CCOc1ccccc1-c1nc2cc(Br)c(F)cc2[nH]1. The maximum atomic E-state index is 13.5. The zero-order valence-electron chi connectivity index (χ0n) is 10.8. The van der Waals surface area contributed by atoms with Crippen molar-refractivity contribution in [1.82, 2.24) is 9.97 Å². The minimum Gasteiger partial charge on any atom is -0.493 e. The summed E-state index contributed by atoms with van der Waals surface area (Å²) in [5, 5.41) is 0. The summed E-state index contributed by atoms with van der Waals surface area (Å²) < 4.78 is 19.5. The third-order valence-electron chi connectivity index (χ3n) is 2.97. The first-order valence-electron chi connectivity index (χ1n) is 6.26. The molecule has 0 saturated heterocycles. The Morgan fingerprint density at radius 2 is 2.10 bits per heavy atom. The second kappa shape index (κ2) is 5.25. The van der Waals surface area contributed by atoms with E-state index in [-0.39, 0.29) is 5.82 Å². The number of hydrogen-bond donors (Lipinski definition) is 1. The highest BCUT2D eigenvalue weighted by atomic mass is 79.9. The second-order valence-corrected chi connectivity index (χ2v) is 5.15. The number of fused-ring (bicyclic) bond motifs is 1. The highest BCUT2D eigenvalue weighted by Crippen LogP contribution is 2.30. The fourth-order valence-corrected chi connectivity index (χ4v) is 2.41. The first-order chi connectivity index (χ1) is 9.69. The average Bonchev–Trinajstić information content (AvgIpc) is 2.83. The standard InChI is InChI=1S/C15H12BrFN2O/c1-2-20-14-6-4-3-5-9(14)15-18-12-7-10(16)11(17)8-13(12)19-15/h3-8H,2H2,1H3,(H,18,19). The number of hydrogen-bond acceptors (Lipinski definition) is 2. The Hall–Kier alpha value is -1.88. The Kier molecular flexibility index (Phi) is 3.44. The van der Waals surface area contributed by atoms with Gasteiger partial charge in [-0.05, 0) is 41.1 Å². The van der Waals surface area contributed by atoms with Crippen molar-refractivity contribution in [3.63, 3.8) is 0 Å². The van der Waals surface area contributed by atoms with Crippen LogP contribution in [-0.4, -0.2) is 16.6 Å². The highest BCUT2D eigenvalue weighted by molar-refractivity contribution is 9.10. The lowest BCUT2D eigenvalue weighted by atomic mass is 10.2. The Morgan fingerprint density at radius 1 is 1.30 bits per heavy atom. The monoisotopic (exact) mass is 334 g/mol. The number of halogens is 2. The molecular weight excluding hydrogens is 323 g/mol. The molecule has 0 aliphatic rings. The van der Waals surface area contributed by atoms with E-state index in [0.717, 1.165) is 11.3 Å². The number of para-hydroxylation sites is 1. The molecule has 1 aromatic heterocycles. The van der Waals surface area contributed by atoms with Gasteiger partial charge in [0.2, 0.25) is 0 Å². The first kappa shape index (κ1) is 13.1. The normalized spacial score (nSPS) is 10.9. The lowest BCUT2D eigenvalue weighted by Crippen LogP contribution is -1.94. The van der Waals surface area contributed by atoms with E-state index < -0.39 is 0 Å². The van der Waals surface area contributed by atoms with Crippen LogP contribution in [0.4, 0.5) is 4.39 Å². The van der Waals surface area contributed by atoms with Gasteiger partial charge in [0.05, 0.1) is 27.7 Å². The van der Waals surface area contributed by atoms with Crippen molar-refractivity contribution in [3.8, 4) is 17.1 Å². The molecule has 0 radical (unpaired) electrons. The van der Waals surface area contributed by atoms with Gasteiger partial charge in [0.15, 0.2) is 0 Å². The predicted octanol–water partition coefficient (Wildman–Crippen LogP) is 4.53. The summed E-state index contributed by atoms with van der Waals surface area (Å²) in [5.74, 6) is 1.11. The molecular formula is C15H12BrFN2O. The van der Waals surface area contributed by atoms with E-state index in [4.69, 9.17) is 4.74 Å². The molecule has 5 heteroatoms. The molecule has 102 valence electrons. The largest absolute Gasteiger partial charge is 0.493 e. The molecule has 0 saturated carbocycles. The van der Waals surface area contributed by atoms with E-state index in [2.05, 4.69) is 25.9 Å². The van der Waals surface area contributed by atoms with Gasteiger partial charge in [-0.25, -0.2) is 9.37 Å². The van der Waals surface area contributed by atoms with Crippen molar-refractivity contribution in [2.45, 2.75) is 6.92 Å². The van der Waals surface area contributed by atoms with Crippen molar-refractivity contribution in [3.05, 3.63) is 46.7 Å². The Bertz CT molecular complexity index is 731. The molecule has 3 rings (SSSR count). The van der Waals surface area contributed by atoms with Crippen LogP contribution in [0.1, 0.15) is 6.92 Å². The van der Waals surface area contributed by atoms with Gasteiger partial charge in [-0.3, -0.25) is 0 Å². The number of rotatable bonds is 3. The summed E-state index contributed by atoms with van der Waals surface area (Å²) in [5.41, 5.74) is 2.23. The van der Waals surface area contributed by atoms with Crippen LogP contribution in [-0.2, 0) is 0 Å². The van der Waals surface area contributed by atoms with Gasteiger partial charge in [0.25, 0.3) is 0 Å². The lowest BCUT2D eigenvalue weighted by Gasteiger charge is -2.07. The summed E-state index contributed by atoms with van der Waals surface area (Å²) in [6.45, 7) is 2.51. The first-order valence-corrected chi connectivity index (χ1v) is 7.05. The molecule has 0 bridgehead atoms. The lowest BCUT2D eigenvalue weighted by molar-refractivity contribution is 0.341. The second-order valence-electron chi connectivity index (χ2n) is 4.30. The highest BCUT2D eigenvalue weighted by Gasteiger charge is 2.12. The number of aromatic nitrogens is 2. The zero-order chi connectivity index (χ0) is 14.1. The minimum atomic E-state index is -0.314. The summed E-state index contributed by atoms with van der Waals surface area (Å²) in [7, 11) is 0. The van der Waals surface area contributed by atoms with Gasteiger partial charge < -0.3 is 9.72 Å². The molecule has 0 unspecified atom stereocenters. The topological polar surface area (TPSA) is 37.9 Å². The zero-order valence-corrected chi connectivity index (χ0v) is 12.4. The Labute approximate surface area is 123 Å². The Balaban J connectivity index is 2.15. The van der Waals surface area contributed by atoms with E-state index in [1.807, 2.05) is 31.2 Å². The molecule has 1 heterocycles. The van der Waals surface area contributed by atoms with E-state index in [1.54, 1.807) is 6.07 Å². The van der Waals surface area contributed by atoms with Gasteiger partial charge in [0, 0.05) is 6.07 Å². The number of ether oxygens (including phenoxy) is 1. The molecule has 1 N–H and O–H groups in total. The maximum absolute atomic E-state index is 13.5. The average molecular weight is 335 g/mol. The van der Waals surface area contributed by atoms with Crippen LogP contribution < -0.4 is 4.74 Å². The Morgan fingerprint density at radius 3 is 2.90 bits per heavy atom. The molecule has 0 aliphatic carbocycles. The van der Waals surface area contributed by atoms with Gasteiger partial charge in [0.1, 0.15) is 17.4 Å². The van der Waals surface area contributed by atoms with Gasteiger partial charge in [-0.1, -0.05) is 12.1 Å². The van der Waals surface area contributed by atoms with Gasteiger partial charge >= 0.3 is 0 Å². The molecule has 0 amide bonds. The number of imidazole rings is 1. The van der Waals surface area contributed by atoms with Crippen LogP contribution in [0.3, 0.4) is 0 Å². The van der Waals surface area contributed by atoms with E-state index in [0.29, 0.717) is 27.9 Å². The molecule has 3 aromatic rings. The van der Waals surface area contributed by atoms with Crippen LogP contribution in [0.2, 0.25) is 0 Å². The molecule has 2 aromatic carbocycles. The van der Waals surface area contributed by atoms with Crippen LogP contribution >= 0.6 is 15.9 Å². The molecule has 0 aliphatic heterocycles. The smallest absolute Gasteiger partial charge is 0.142 e. The predicted molar refractivity (Wildman–Crippen MR) is 80.4 cm³/mol.